The van der Waals surface area contributed by atoms with E-state index < -0.39 is 10.0 Å². The van der Waals surface area contributed by atoms with Crippen LogP contribution < -0.4 is 10.1 Å². The molecule has 0 aromatic heterocycles. The number of nitrogens with zero attached hydrogens (tertiary/aromatic N) is 1. The van der Waals surface area contributed by atoms with Gasteiger partial charge in [0, 0.05) is 24.3 Å². The van der Waals surface area contributed by atoms with E-state index in [0.717, 1.165) is 12.8 Å². The van der Waals surface area contributed by atoms with E-state index in [0.29, 0.717) is 36.0 Å². The summed E-state index contributed by atoms with van der Waals surface area (Å²) in [5.41, 5.74) is 1.29. The fourth-order valence-corrected chi connectivity index (χ4v) is 4.92. The Morgan fingerprint density at radius 3 is 2.43 bits per heavy atom. The summed E-state index contributed by atoms with van der Waals surface area (Å²) >= 11 is 0. The van der Waals surface area contributed by atoms with Crippen LogP contribution >= 0.6 is 0 Å². The zero-order valence-electron chi connectivity index (χ0n) is 16.2. The molecule has 28 heavy (non-hydrogen) atoms. The summed E-state index contributed by atoms with van der Waals surface area (Å²) in [6.07, 6.45) is 1.96. The predicted octanol–water partition coefficient (Wildman–Crippen LogP) is 3.41. The van der Waals surface area contributed by atoms with E-state index in [1.165, 1.54) is 0 Å². The van der Waals surface area contributed by atoms with E-state index in [9.17, 15) is 13.2 Å². The number of Topliss-reactive ketones (excluding diaryl/α,β-unsaturated/α-hetero) is 1. The van der Waals surface area contributed by atoms with Gasteiger partial charge in [-0.15, -0.1) is 0 Å². The fourth-order valence-electron chi connectivity index (χ4n) is 3.32. The van der Waals surface area contributed by atoms with Gasteiger partial charge in [-0.1, -0.05) is 6.92 Å². The molecule has 1 saturated heterocycles. The van der Waals surface area contributed by atoms with Crippen molar-refractivity contribution in [1.29, 1.82) is 0 Å². The van der Waals surface area contributed by atoms with Crippen molar-refractivity contribution in [3.8, 4) is 5.75 Å². The highest BCUT2D eigenvalue weighted by atomic mass is 32.2. The van der Waals surface area contributed by atoms with Gasteiger partial charge in [0.2, 0.25) is 10.0 Å². The molecule has 2 aromatic rings. The topological polar surface area (TPSA) is 75.7 Å². The van der Waals surface area contributed by atoms with Gasteiger partial charge >= 0.3 is 0 Å². The number of ether oxygens (including phenoxy) is 1. The average Bonchev–Trinajstić information content (AvgIpc) is 2.72. The normalized spacial score (nSPS) is 17.9. The van der Waals surface area contributed by atoms with Crippen molar-refractivity contribution in [3.63, 3.8) is 0 Å². The second-order valence-corrected chi connectivity index (χ2v) is 9.08. The van der Waals surface area contributed by atoms with Gasteiger partial charge in [0.25, 0.3) is 0 Å². The van der Waals surface area contributed by atoms with Crippen LogP contribution in [0.4, 0.5) is 5.69 Å². The molecule has 0 radical (unpaired) electrons. The van der Waals surface area contributed by atoms with Gasteiger partial charge in [-0.3, -0.25) is 4.79 Å². The molecule has 2 aromatic carbocycles. The Bertz CT molecular complexity index is 908. The molecule has 7 heteroatoms. The summed E-state index contributed by atoms with van der Waals surface area (Å²) in [6.45, 7) is 3.35. The zero-order chi connectivity index (χ0) is 20.1. The molecule has 1 fully saturated rings. The highest BCUT2D eigenvalue weighted by Crippen LogP contribution is 2.24. The lowest BCUT2D eigenvalue weighted by atomic mass is 10.0. The molecule has 1 heterocycles. The number of piperidine rings is 1. The van der Waals surface area contributed by atoms with Crippen molar-refractivity contribution in [1.82, 2.24) is 4.31 Å². The Balaban J connectivity index is 1.61. The smallest absolute Gasteiger partial charge is 0.243 e. The van der Waals surface area contributed by atoms with Crippen LogP contribution in [0.1, 0.15) is 30.1 Å². The highest BCUT2D eigenvalue weighted by molar-refractivity contribution is 7.89. The van der Waals surface area contributed by atoms with Crippen LogP contribution in [0.3, 0.4) is 0 Å². The first-order valence-electron chi connectivity index (χ1n) is 9.41. The molecule has 1 aliphatic rings. The third-order valence-electron chi connectivity index (χ3n) is 4.98. The fraction of sp³-hybridized carbons (Fsp3) is 0.381. The maximum atomic E-state index is 12.8. The molecule has 6 nitrogen and oxygen atoms in total. The largest absolute Gasteiger partial charge is 0.497 e. The molecule has 0 amide bonds. The summed E-state index contributed by atoms with van der Waals surface area (Å²) in [5, 5.41) is 3.05. The number of methoxy groups -OCH3 is 1. The summed E-state index contributed by atoms with van der Waals surface area (Å²) in [4.78, 5) is 12.6. The Hall–Kier alpha value is -2.38. The molecule has 0 aliphatic carbocycles. The zero-order valence-corrected chi connectivity index (χ0v) is 17.0. The van der Waals surface area contributed by atoms with Crippen LogP contribution in [-0.2, 0) is 10.0 Å². The lowest BCUT2D eigenvalue weighted by Gasteiger charge is -2.30. The van der Waals surface area contributed by atoms with Crippen LogP contribution in [0.2, 0.25) is 0 Å². The monoisotopic (exact) mass is 402 g/mol. The number of rotatable bonds is 7. The summed E-state index contributed by atoms with van der Waals surface area (Å²) in [7, 11) is -1.89. The first-order valence-corrected chi connectivity index (χ1v) is 10.9. The Labute approximate surface area is 166 Å². The third-order valence-corrected chi connectivity index (χ3v) is 6.86. The number of ketones is 1. The van der Waals surface area contributed by atoms with Crippen LogP contribution in [0, 0.1) is 5.92 Å². The average molecular weight is 403 g/mol. The van der Waals surface area contributed by atoms with Gasteiger partial charge in [-0.25, -0.2) is 8.42 Å². The second-order valence-electron chi connectivity index (χ2n) is 7.14. The summed E-state index contributed by atoms with van der Waals surface area (Å²) < 4.78 is 32.2. The Morgan fingerprint density at radius 1 is 1.14 bits per heavy atom. The van der Waals surface area contributed by atoms with E-state index in [1.54, 1.807) is 59.9 Å². The van der Waals surface area contributed by atoms with Crippen LogP contribution in [-0.4, -0.2) is 45.3 Å². The first kappa shape index (κ1) is 20.4. The molecule has 1 unspecified atom stereocenters. The molecular weight excluding hydrogens is 376 g/mol. The maximum Gasteiger partial charge on any atom is 0.243 e. The molecule has 0 bridgehead atoms. The first-order chi connectivity index (χ1) is 13.4. The molecule has 0 spiro atoms. The van der Waals surface area contributed by atoms with Crippen LogP contribution in [0.15, 0.2) is 53.4 Å². The van der Waals surface area contributed by atoms with E-state index >= 15 is 0 Å². The van der Waals surface area contributed by atoms with Gasteiger partial charge in [0.05, 0.1) is 18.6 Å². The number of sulfonamides is 1. The lowest BCUT2D eigenvalue weighted by Crippen LogP contribution is -2.39. The Morgan fingerprint density at radius 2 is 1.82 bits per heavy atom. The van der Waals surface area contributed by atoms with Crippen molar-refractivity contribution in [3.05, 3.63) is 54.1 Å². The SMILES string of the molecule is COc1ccc(C(=O)CNc2ccc(S(=O)(=O)N3CCCC(C)C3)cc2)cc1. The predicted molar refractivity (Wildman–Crippen MR) is 109 cm³/mol. The van der Waals surface area contributed by atoms with Crippen molar-refractivity contribution in [2.45, 2.75) is 24.7 Å². The van der Waals surface area contributed by atoms with Crippen LogP contribution in [0.25, 0.3) is 0 Å². The van der Waals surface area contributed by atoms with Gasteiger partial charge in [-0.05, 0) is 67.3 Å². The number of benzene rings is 2. The molecule has 1 atom stereocenters. The van der Waals surface area contributed by atoms with Crippen molar-refractivity contribution >= 4 is 21.5 Å². The van der Waals surface area contributed by atoms with E-state index in [-0.39, 0.29) is 17.2 Å². The molecule has 1 aliphatic heterocycles. The van der Waals surface area contributed by atoms with Gasteiger partial charge in [0.1, 0.15) is 5.75 Å². The van der Waals surface area contributed by atoms with Gasteiger partial charge < -0.3 is 10.1 Å². The molecule has 3 rings (SSSR count). The summed E-state index contributed by atoms with van der Waals surface area (Å²) in [5.74, 6) is 1.03. The molecule has 0 saturated carbocycles. The summed E-state index contributed by atoms with van der Waals surface area (Å²) in [6, 6.07) is 13.5. The number of carbonyl (C=O) groups excluding carboxylic acids is 1. The number of hydrogen-bond acceptors (Lipinski definition) is 5. The van der Waals surface area contributed by atoms with Crippen molar-refractivity contribution in [2.75, 3.05) is 32.1 Å². The van der Waals surface area contributed by atoms with Crippen LogP contribution in [0.5, 0.6) is 5.75 Å². The number of carbonyl (C=O) groups is 1. The van der Waals surface area contributed by atoms with Crippen molar-refractivity contribution in [2.24, 2.45) is 5.92 Å². The van der Waals surface area contributed by atoms with Gasteiger partial charge in [0.15, 0.2) is 5.78 Å². The van der Waals surface area contributed by atoms with Crippen molar-refractivity contribution < 1.29 is 17.9 Å². The minimum Gasteiger partial charge on any atom is -0.497 e. The van der Waals surface area contributed by atoms with E-state index in [4.69, 9.17) is 4.74 Å². The van der Waals surface area contributed by atoms with E-state index in [2.05, 4.69) is 12.2 Å². The second kappa shape index (κ2) is 8.75. The third kappa shape index (κ3) is 4.72. The lowest BCUT2D eigenvalue weighted by molar-refractivity contribution is 0.101. The molecule has 1 N–H and O–H groups in total. The number of hydrogen-bond donors (Lipinski definition) is 1. The number of anilines is 1. The maximum absolute atomic E-state index is 12.8. The quantitative estimate of drug-likeness (QED) is 0.719. The number of nitrogens with one attached hydrogen (secondary N) is 1. The van der Waals surface area contributed by atoms with Gasteiger partial charge in [-0.2, -0.15) is 4.31 Å². The molecule has 150 valence electrons. The Kier molecular flexibility index (Phi) is 6.36. The minimum absolute atomic E-state index is 0.0540. The minimum atomic E-state index is -3.47. The van der Waals surface area contributed by atoms with E-state index in [1.807, 2.05) is 0 Å². The standard InChI is InChI=1S/C21H26N2O4S/c1-16-4-3-13-23(15-16)28(25,26)20-11-7-18(8-12-20)22-14-21(24)17-5-9-19(27-2)10-6-17/h5-12,16,22H,3-4,13-15H2,1-2H3. The molecular formula is C21H26N2O4S. The highest BCUT2D eigenvalue weighted by Gasteiger charge is 2.28.